The number of nitrogens with zero attached hydrogens (tertiary/aromatic N) is 1. The van der Waals surface area contributed by atoms with Gasteiger partial charge in [-0.1, -0.05) is 30.3 Å². The summed E-state index contributed by atoms with van der Waals surface area (Å²) >= 11 is 0. The molecule has 3 heteroatoms. The molecule has 3 nitrogen and oxygen atoms in total. The highest BCUT2D eigenvalue weighted by atomic mass is 16.1. The van der Waals surface area contributed by atoms with E-state index in [2.05, 4.69) is 17.4 Å². The Hall–Kier alpha value is -2.03. The SMILES string of the molecule is Cc1cc(NCCc2ccccc2)cc(=O)n1C. The van der Waals surface area contributed by atoms with Crippen molar-refractivity contribution in [1.29, 1.82) is 0 Å². The standard InChI is InChI=1S/C15H18N2O/c1-12-10-14(11-15(18)17(12)2)16-9-8-13-6-4-3-5-7-13/h3-7,10-11,16H,8-9H2,1-2H3. The molecule has 0 aliphatic carbocycles. The summed E-state index contributed by atoms with van der Waals surface area (Å²) < 4.78 is 1.64. The number of hydrogen-bond donors (Lipinski definition) is 1. The average Bonchev–Trinajstić information content (AvgIpc) is 2.37. The molecule has 1 aromatic carbocycles. The van der Waals surface area contributed by atoms with Gasteiger partial charge < -0.3 is 9.88 Å². The van der Waals surface area contributed by atoms with Gasteiger partial charge in [-0.3, -0.25) is 4.79 Å². The van der Waals surface area contributed by atoms with Crippen molar-refractivity contribution in [3.05, 3.63) is 64.1 Å². The molecule has 1 heterocycles. The number of rotatable bonds is 4. The minimum Gasteiger partial charge on any atom is -0.385 e. The first-order chi connectivity index (χ1) is 8.66. The van der Waals surface area contributed by atoms with Crippen molar-refractivity contribution >= 4 is 5.69 Å². The number of pyridine rings is 1. The van der Waals surface area contributed by atoms with Crippen LogP contribution in [0.1, 0.15) is 11.3 Å². The van der Waals surface area contributed by atoms with Gasteiger partial charge in [-0.25, -0.2) is 0 Å². The Balaban J connectivity index is 1.97. The minimum absolute atomic E-state index is 0.0252. The second-order valence-corrected chi connectivity index (χ2v) is 4.45. The molecule has 1 aromatic heterocycles. The number of benzene rings is 1. The summed E-state index contributed by atoms with van der Waals surface area (Å²) in [6, 6.07) is 13.9. The summed E-state index contributed by atoms with van der Waals surface area (Å²) in [6.07, 6.45) is 0.953. The third-order valence-corrected chi connectivity index (χ3v) is 3.09. The van der Waals surface area contributed by atoms with Crippen LogP contribution >= 0.6 is 0 Å². The summed E-state index contributed by atoms with van der Waals surface area (Å²) in [5.74, 6) is 0. The van der Waals surface area contributed by atoms with Gasteiger partial charge >= 0.3 is 0 Å². The van der Waals surface area contributed by atoms with Crippen LogP contribution in [0.3, 0.4) is 0 Å². The molecule has 94 valence electrons. The molecule has 0 aliphatic rings. The second-order valence-electron chi connectivity index (χ2n) is 4.45. The molecule has 2 aromatic rings. The van der Waals surface area contributed by atoms with E-state index in [1.165, 1.54) is 5.56 Å². The Bertz CT molecular complexity index is 573. The van der Waals surface area contributed by atoms with Gasteiger partial charge in [0.25, 0.3) is 5.56 Å². The molecule has 18 heavy (non-hydrogen) atoms. The Morgan fingerprint density at radius 1 is 1.17 bits per heavy atom. The van der Waals surface area contributed by atoms with Crippen LogP contribution in [-0.2, 0) is 13.5 Å². The van der Waals surface area contributed by atoms with E-state index >= 15 is 0 Å². The van der Waals surface area contributed by atoms with E-state index in [1.807, 2.05) is 31.2 Å². The van der Waals surface area contributed by atoms with E-state index in [1.54, 1.807) is 17.7 Å². The zero-order valence-electron chi connectivity index (χ0n) is 10.8. The predicted octanol–water partition coefficient (Wildman–Crippen LogP) is 2.35. The van der Waals surface area contributed by atoms with Gasteiger partial charge in [0.05, 0.1) is 0 Å². The molecule has 2 rings (SSSR count). The number of nitrogens with one attached hydrogen (secondary N) is 1. The van der Waals surface area contributed by atoms with Crippen LogP contribution in [-0.4, -0.2) is 11.1 Å². The molecule has 0 saturated heterocycles. The molecule has 0 atom stereocenters. The van der Waals surface area contributed by atoms with Crippen LogP contribution in [0, 0.1) is 6.92 Å². The molecular formula is C15H18N2O. The van der Waals surface area contributed by atoms with E-state index in [0.29, 0.717) is 0 Å². The third kappa shape index (κ3) is 3.00. The molecule has 0 radical (unpaired) electrons. The van der Waals surface area contributed by atoms with Crippen LogP contribution in [0.25, 0.3) is 0 Å². The van der Waals surface area contributed by atoms with Crippen LogP contribution in [0.5, 0.6) is 0 Å². The Kier molecular flexibility index (Phi) is 3.82. The number of aromatic nitrogens is 1. The summed E-state index contributed by atoms with van der Waals surface area (Å²) in [6.45, 7) is 2.76. The molecule has 0 aliphatic heterocycles. The summed E-state index contributed by atoms with van der Waals surface area (Å²) in [7, 11) is 1.78. The lowest BCUT2D eigenvalue weighted by atomic mass is 10.1. The Morgan fingerprint density at radius 2 is 1.89 bits per heavy atom. The summed E-state index contributed by atoms with van der Waals surface area (Å²) in [5.41, 5.74) is 3.18. The lowest BCUT2D eigenvalue weighted by Gasteiger charge is -2.09. The minimum atomic E-state index is 0.0252. The molecule has 0 unspecified atom stereocenters. The number of anilines is 1. The van der Waals surface area contributed by atoms with Crippen LogP contribution in [0.4, 0.5) is 5.69 Å². The van der Waals surface area contributed by atoms with Crippen molar-refractivity contribution in [3.63, 3.8) is 0 Å². The fourth-order valence-electron chi connectivity index (χ4n) is 1.87. The first-order valence-corrected chi connectivity index (χ1v) is 6.12. The zero-order chi connectivity index (χ0) is 13.0. The van der Waals surface area contributed by atoms with Gasteiger partial charge in [0.2, 0.25) is 0 Å². The molecule has 0 saturated carbocycles. The molecule has 0 amide bonds. The van der Waals surface area contributed by atoms with Crippen LogP contribution < -0.4 is 10.9 Å². The Labute approximate surface area is 107 Å². The molecule has 0 bridgehead atoms. The van der Waals surface area contributed by atoms with E-state index in [4.69, 9.17) is 0 Å². The van der Waals surface area contributed by atoms with E-state index in [0.717, 1.165) is 24.3 Å². The van der Waals surface area contributed by atoms with Gasteiger partial charge in [-0.2, -0.15) is 0 Å². The predicted molar refractivity (Wildman–Crippen MR) is 75.1 cm³/mol. The molecular weight excluding hydrogens is 224 g/mol. The van der Waals surface area contributed by atoms with Crippen molar-refractivity contribution in [2.24, 2.45) is 7.05 Å². The van der Waals surface area contributed by atoms with Gasteiger partial charge in [0, 0.05) is 31.0 Å². The van der Waals surface area contributed by atoms with Crippen molar-refractivity contribution in [2.75, 3.05) is 11.9 Å². The maximum Gasteiger partial charge on any atom is 0.252 e. The molecule has 0 spiro atoms. The van der Waals surface area contributed by atoms with E-state index < -0.39 is 0 Å². The monoisotopic (exact) mass is 242 g/mol. The fraction of sp³-hybridized carbons (Fsp3) is 0.267. The molecule has 1 N–H and O–H groups in total. The lowest BCUT2D eigenvalue weighted by Crippen LogP contribution is -2.19. The average molecular weight is 242 g/mol. The normalized spacial score (nSPS) is 10.3. The highest BCUT2D eigenvalue weighted by Gasteiger charge is 1.99. The van der Waals surface area contributed by atoms with E-state index in [9.17, 15) is 4.79 Å². The maximum atomic E-state index is 11.6. The van der Waals surface area contributed by atoms with Gasteiger partial charge in [-0.15, -0.1) is 0 Å². The highest BCUT2D eigenvalue weighted by Crippen LogP contribution is 2.07. The van der Waals surface area contributed by atoms with Gasteiger partial charge in [-0.05, 0) is 25.0 Å². The summed E-state index contributed by atoms with van der Waals surface area (Å²) in [5, 5.41) is 3.29. The van der Waals surface area contributed by atoms with Crippen LogP contribution in [0.15, 0.2) is 47.3 Å². The van der Waals surface area contributed by atoms with E-state index in [-0.39, 0.29) is 5.56 Å². The van der Waals surface area contributed by atoms with Gasteiger partial charge in [0.15, 0.2) is 0 Å². The number of hydrogen-bond acceptors (Lipinski definition) is 2. The van der Waals surface area contributed by atoms with Gasteiger partial charge in [0.1, 0.15) is 0 Å². The largest absolute Gasteiger partial charge is 0.385 e. The Morgan fingerprint density at radius 3 is 2.56 bits per heavy atom. The quantitative estimate of drug-likeness (QED) is 0.893. The highest BCUT2D eigenvalue weighted by molar-refractivity contribution is 5.43. The second kappa shape index (κ2) is 5.54. The van der Waals surface area contributed by atoms with Crippen LogP contribution in [0.2, 0.25) is 0 Å². The maximum absolute atomic E-state index is 11.6. The number of aryl methyl sites for hydroxylation is 1. The smallest absolute Gasteiger partial charge is 0.252 e. The van der Waals surface area contributed by atoms with Crippen molar-refractivity contribution in [3.8, 4) is 0 Å². The fourth-order valence-corrected chi connectivity index (χ4v) is 1.87. The van der Waals surface area contributed by atoms with Crippen molar-refractivity contribution in [1.82, 2.24) is 4.57 Å². The molecule has 0 fully saturated rings. The third-order valence-electron chi connectivity index (χ3n) is 3.09. The van der Waals surface area contributed by atoms with Crippen molar-refractivity contribution in [2.45, 2.75) is 13.3 Å². The first-order valence-electron chi connectivity index (χ1n) is 6.12. The first kappa shape index (κ1) is 12.4. The van der Waals surface area contributed by atoms with Crippen molar-refractivity contribution < 1.29 is 0 Å². The zero-order valence-corrected chi connectivity index (χ0v) is 10.8. The topological polar surface area (TPSA) is 34.0 Å². The summed E-state index contributed by atoms with van der Waals surface area (Å²) in [4.78, 5) is 11.6. The lowest BCUT2D eigenvalue weighted by molar-refractivity contribution is 0.818.